The fourth-order valence-electron chi connectivity index (χ4n) is 0.496. The van der Waals surface area contributed by atoms with Crippen LogP contribution in [-0.2, 0) is 0 Å². The van der Waals surface area contributed by atoms with Crippen LogP contribution in [0.2, 0.25) is 0 Å². The molecule has 1 rings (SSSR count). The molecule has 0 aromatic carbocycles. The van der Waals surface area contributed by atoms with E-state index in [9.17, 15) is 0 Å². The number of aryl methyl sites for hydroxylation is 1. The minimum absolute atomic E-state index is 0.384. The van der Waals surface area contributed by atoms with Crippen molar-refractivity contribution in [1.29, 1.82) is 0 Å². The highest BCUT2D eigenvalue weighted by Crippen LogP contribution is 2.00. The maximum atomic E-state index is 7.25. The van der Waals surface area contributed by atoms with Gasteiger partial charge in [0.15, 0.2) is 0 Å². The summed E-state index contributed by atoms with van der Waals surface area (Å²) in [6.07, 6.45) is 2.04. The monoisotopic (exact) mass is 108 g/mol. The van der Waals surface area contributed by atoms with Crippen molar-refractivity contribution in [2.24, 2.45) is 0 Å². The molecule has 0 amide bonds. The zero-order valence-electron chi connectivity index (χ0n) is 6.10. The Kier molecular flexibility index (Phi) is 0.992. The Morgan fingerprint density at radius 3 is 2.75 bits per heavy atom. The van der Waals surface area contributed by atoms with E-state index >= 15 is 0 Å². The maximum absolute atomic E-state index is 7.25. The van der Waals surface area contributed by atoms with E-state index in [4.69, 9.17) is 1.37 Å². The second-order valence-electron chi connectivity index (χ2n) is 1.86. The topological polar surface area (TPSA) is 12.9 Å². The molecule has 8 heavy (non-hydrogen) atoms. The van der Waals surface area contributed by atoms with Crippen LogP contribution in [0, 0.1) is 13.8 Å². The lowest BCUT2D eigenvalue weighted by atomic mass is 10.2. The van der Waals surface area contributed by atoms with Crippen LogP contribution in [0.25, 0.3) is 0 Å². The average Bonchev–Trinajstić information content (AvgIpc) is 1.83. The molecule has 1 heterocycles. The van der Waals surface area contributed by atoms with Crippen molar-refractivity contribution in [2.45, 2.75) is 13.8 Å². The van der Waals surface area contributed by atoms with Gasteiger partial charge in [0.05, 0.1) is 1.37 Å². The highest BCUT2D eigenvalue weighted by molar-refractivity contribution is 5.18. The number of hydrogen-bond acceptors (Lipinski definition) is 1. The van der Waals surface area contributed by atoms with Crippen molar-refractivity contribution in [3.05, 3.63) is 29.6 Å². The van der Waals surface area contributed by atoms with Gasteiger partial charge in [0, 0.05) is 12.4 Å². The van der Waals surface area contributed by atoms with Gasteiger partial charge in [-0.1, -0.05) is 0 Å². The Hall–Kier alpha value is -0.850. The van der Waals surface area contributed by atoms with Crippen LogP contribution in [0.1, 0.15) is 12.5 Å². The molecule has 0 saturated carbocycles. The summed E-state index contributed by atoms with van der Waals surface area (Å²) < 4.78 is 7.25. The summed E-state index contributed by atoms with van der Waals surface area (Å²) in [5.41, 5.74) is 2.10. The summed E-state index contributed by atoms with van der Waals surface area (Å²) in [5.74, 6) is 0. The third-order valence-electron chi connectivity index (χ3n) is 1.22. The van der Waals surface area contributed by atoms with E-state index in [0.717, 1.165) is 11.1 Å². The summed E-state index contributed by atoms with van der Waals surface area (Å²) in [4.78, 5) is 3.81. The van der Waals surface area contributed by atoms with Gasteiger partial charge in [-0.05, 0) is 31.0 Å². The highest BCUT2D eigenvalue weighted by atomic mass is 14.6. The van der Waals surface area contributed by atoms with Crippen molar-refractivity contribution in [3.63, 3.8) is 0 Å². The van der Waals surface area contributed by atoms with E-state index < -0.39 is 0 Å². The molecule has 0 N–H and O–H groups in total. The Morgan fingerprint density at radius 2 is 2.25 bits per heavy atom. The van der Waals surface area contributed by atoms with Crippen molar-refractivity contribution < 1.29 is 1.37 Å². The molecule has 1 aromatic rings. The molecular weight excluding hydrogens is 98.1 g/mol. The largest absolute Gasteiger partial charge is 0.264 e. The Morgan fingerprint density at radius 1 is 1.50 bits per heavy atom. The SMILES string of the molecule is [2H]c1nccc(C)c1C. The molecule has 42 valence electrons. The van der Waals surface area contributed by atoms with Crippen LogP contribution in [0.4, 0.5) is 0 Å². The molecule has 0 bridgehead atoms. The lowest BCUT2D eigenvalue weighted by Gasteiger charge is -1.92. The van der Waals surface area contributed by atoms with Crippen molar-refractivity contribution in [2.75, 3.05) is 0 Å². The Bertz CT molecular complexity index is 200. The lowest BCUT2D eigenvalue weighted by Crippen LogP contribution is -1.78. The summed E-state index contributed by atoms with van der Waals surface area (Å²) >= 11 is 0. The third kappa shape index (κ3) is 0.861. The second kappa shape index (κ2) is 1.95. The first-order valence-corrected chi connectivity index (χ1v) is 2.60. The van der Waals surface area contributed by atoms with Gasteiger partial charge in [0.1, 0.15) is 0 Å². The van der Waals surface area contributed by atoms with Crippen LogP contribution >= 0.6 is 0 Å². The molecule has 1 heteroatoms. The molecule has 0 saturated heterocycles. The lowest BCUT2D eigenvalue weighted by molar-refractivity contribution is 1.22. The van der Waals surface area contributed by atoms with Crippen molar-refractivity contribution >= 4 is 0 Å². The fraction of sp³-hybridized carbons (Fsp3) is 0.286. The van der Waals surface area contributed by atoms with Gasteiger partial charge in [0.2, 0.25) is 0 Å². The molecule has 0 atom stereocenters. The number of hydrogen-bond donors (Lipinski definition) is 0. The molecule has 0 aliphatic rings. The van der Waals surface area contributed by atoms with Gasteiger partial charge in [0.25, 0.3) is 0 Å². The smallest absolute Gasteiger partial charge is 0.0843 e. The van der Waals surface area contributed by atoms with Crippen LogP contribution in [0.3, 0.4) is 0 Å². The van der Waals surface area contributed by atoms with Gasteiger partial charge in [-0.2, -0.15) is 0 Å². The summed E-state index contributed by atoms with van der Waals surface area (Å²) in [7, 11) is 0. The van der Waals surface area contributed by atoms with E-state index in [2.05, 4.69) is 4.98 Å². The number of pyridine rings is 1. The van der Waals surface area contributed by atoms with Gasteiger partial charge < -0.3 is 0 Å². The molecule has 1 aromatic heterocycles. The molecular formula is C7H9N. The predicted molar refractivity (Wildman–Crippen MR) is 33.7 cm³/mol. The first-order chi connectivity index (χ1) is 4.22. The second-order valence-corrected chi connectivity index (χ2v) is 1.86. The Balaban J connectivity index is 3.25. The minimum atomic E-state index is 0.384. The average molecular weight is 108 g/mol. The van der Waals surface area contributed by atoms with E-state index in [1.54, 1.807) is 6.20 Å². The number of rotatable bonds is 0. The van der Waals surface area contributed by atoms with Gasteiger partial charge >= 0.3 is 0 Å². The van der Waals surface area contributed by atoms with E-state index in [1.807, 2.05) is 19.9 Å². The molecule has 0 aliphatic carbocycles. The standard InChI is InChI=1S/C7H9N/c1-6-3-4-8-5-7(6)2/h3-5H,1-2H3/i5D. The molecule has 0 spiro atoms. The molecule has 0 fully saturated rings. The van der Waals surface area contributed by atoms with Gasteiger partial charge in [-0.15, -0.1) is 0 Å². The summed E-state index contributed by atoms with van der Waals surface area (Å²) in [6, 6.07) is 1.91. The summed E-state index contributed by atoms with van der Waals surface area (Å²) in [6.45, 7) is 3.89. The van der Waals surface area contributed by atoms with Crippen LogP contribution in [-0.4, -0.2) is 4.98 Å². The molecule has 0 radical (unpaired) electrons. The highest BCUT2D eigenvalue weighted by Gasteiger charge is 1.84. The van der Waals surface area contributed by atoms with Crippen LogP contribution < -0.4 is 0 Å². The van der Waals surface area contributed by atoms with Gasteiger partial charge in [-0.25, -0.2) is 0 Å². The Labute approximate surface area is 50.8 Å². The molecule has 0 unspecified atom stereocenters. The van der Waals surface area contributed by atoms with Crippen LogP contribution in [0.5, 0.6) is 0 Å². The summed E-state index contributed by atoms with van der Waals surface area (Å²) in [5, 5.41) is 0. The molecule has 0 aliphatic heterocycles. The van der Waals surface area contributed by atoms with E-state index in [0.29, 0.717) is 6.17 Å². The van der Waals surface area contributed by atoms with Crippen LogP contribution in [0.15, 0.2) is 18.4 Å². The van der Waals surface area contributed by atoms with E-state index in [-0.39, 0.29) is 0 Å². The van der Waals surface area contributed by atoms with Gasteiger partial charge in [-0.3, -0.25) is 4.98 Å². The predicted octanol–water partition coefficient (Wildman–Crippen LogP) is 1.70. The zero-order chi connectivity index (χ0) is 6.85. The number of aromatic nitrogens is 1. The maximum Gasteiger partial charge on any atom is 0.0843 e. The normalized spacial score (nSPS) is 11.0. The fourth-order valence-corrected chi connectivity index (χ4v) is 0.496. The molecule has 1 nitrogen and oxygen atoms in total. The van der Waals surface area contributed by atoms with E-state index in [1.165, 1.54) is 0 Å². The first kappa shape index (κ1) is 4.07. The zero-order valence-corrected chi connectivity index (χ0v) is 5.10. The van der Waals surface area contributed by atoms with Crippen molar-refractivity contribution in [1.82, 2.24) is 4.98 Å². The van der Waals surface area contributed by atoms with Crippen molar-refractivity contribution in [3.8, 4) is 0 Å². The third-order valence-corrected chi connectivity index (χ3v) is 1.22. The minimum Gasteiger partial charge on any atom is -0.264 e. The number of nitrogens with zero attached hydrogens (tertiary/aromatic N) is 1. The first-order valence-electron chi connectivity index (χ1n) is 3.10. The quantitative estimate of drug-likeness (QED) is 0.493.